The highest BCUT2D eigenvalue weighted by atomic mass is 15.3. The van der Waals surface area contributed by atoms with Gasteiger partial charge >= 0.3 is 0 Å². The van der Waals surface area contributed by atoms with E-state index in [1.807, 2.05) is 13.2 Å². The van der Waals surface area contributed by atoms with Gasteiger partial charge in [0.25, 0.3) is 0 Å². The minimum atomic E-state index is 0.612. The van der Waals surface area contributed by atoms with E-state index in [1.165, 1.54) is 11.3 Å². The first-order chi connectivity index (χ1) is 10.2. The molecular formula is C17H22N4. The summed E-state index contributed by atoms with van der Waals surface area (Å²) in [5, 5.41) is 3.15. The van der Waals surface area contributed by atoms with Gasteiger partial charge in [0.2, 0.25) is 5.95 Å². The lowest BCUT2D eigenvalue weighted by atomic mass is 9.94. The average Bonchev–Trinajstić information content (AvgIpc) is 2.48. The number of aromatic nitrogens is 2. The number of hydrogen-bond donors (Lipinski definition) is 1. The van der Waals surface area contributed by atoms with Crippen LogP contribution in [0.1, 0.15) is 23.7 Å². The Hall–Kier alpha value is -1.94. The van der Waals surface area contributed by atoms with Crippen LogP contribution in [0.3, 0.4) is 0 Å². The summed E-state index contributed by atoms with van der Waals surface area (Å²) in [4.78, 5) is 11.6. The molecule has 3 rings (SSSR count). The van der Waals surface area contributed by atoms with Crippen LogP contribution in [-0.2, 0) is 13.0 Å². The number of hydrogen-bond acceptors (Lipinski definition) is 4. The highest BCUT2D eigenvalue weighted by Crippen LogP contribution is 2.33. The first-order valence-electron chi connectivity index (χ1n) is 7.51. The van der Waals surface area contributed by atoms with Crippen molar-refractivity contribution in [2.24, 2.45) is 5.92 Å². The minimum absolute atomic E-state index is 0.612. The Morgan fingerprint density at radius 1 is 1.33 bits per heavy atom. The molecule has 0 fully saturated rings. The van der Waals surface area contributed by atoms with Crippen LogP contribution >= 0.6 is 0 Å². The molecule has 1 aliphatic rings. The summed E-state index contributed by atoms with van der Waals surface area (Å²) in [5.41, 5.74) is 4.83. The van der Waals surface area contributed by atoms with Crippen molar-refractivity contribution in [1.82, 2.24) is 15.3 Å². The molecule has 0 saturated heterocycles. The minimum Gasteiger partial charge on any atom is -0.316 e. The number of fused-ring (bicyclic) bond motifs is 1. The molecule has 1 atom stereocenters. The molecule has 0 bridgehead atoms. The topological polar surface area (TPSA) is 41.1 Å². The average molecular weight is 282 g/mol. The molecule has 1 N–H and O–H groups in total. The molecule has 0 spiro atoms. The van der Waals surface area contributed by atoms with Gasteiger partial charge in [0.05, 0.1) is 0 Å². The molecule has 1 aromatic carbocycles. The van der Waals surface area contributed by atoms with Gasteiger partial charge in [-0.1, -0.05) is 25.1 Å². The van der Waals surface area contributed by atoms with Crippen LogP contribution in [0.25, 0.3) is 0 Å². The van der Waals surface area contributed by atoms with E-state index in [4.69, 9.17) is 4.98 Å². The van der Waals surface area contributed by atoms with E-state index in [2.05, 4.69) is 53.3 Å². The van der Waals surface area contributed by atoms with Crippen LogP contribution < -0.4 is 10.2 Å². The molecule has 1 aliphatic heterocycles. The molecule has 4 heteroatoms. The number of nitrogens with one attached hydrogen (secondary N) is 1. The van der Waals surface area contributed by atoms with E-state index in [0.717, 1.165) is 36.7 Å². The van der Waals surface area contributed by atoms with E-state index >= 15 is 0 Å². The molecule has 2 heterocycles. The Morgan fingerprint density at radius 3 is 2.90 bits per heavy atom. The molecule has 0 amide bonds. The second kappa shape index (κ2) is 5.82. The molecule has 2 aromatic rings. The van der Waals surface area contributed by atoms with E-state index in [-0.39, 0.29) is 0 Å². The van der Waals surface area contributed by atoms with Gasteiger partial charge in [0, 0.05) is 36.2 Å². The van der Waals surface area contributed by atoms with Gasteiger partial charge in [-0.05, 0) is 37.9 Å². The second-order valence-electron chi connectivity index (χ2n) is 5.86. The van der Waals surface area contributed by atoms with Crippen molar-refractivity contribution in [3.63, 3.8) is 0 Å². The summed E-state index contributed by atoms with van der Waals surface area (Å²) >= 11 is 0. The Kier molecular flexibility index (Phi) is 3.88. The van der Waals surface area contributed by atoms with Crippen LogP contribution in [-0.4, -0.2) is 23.6 Å². The highest BCUT2D eigenvalue weighted by molar-refractivity contribution is 5.63. The molecule has 1 aromatic heterocycles. The van der Waals surface area contributed by atoms with Crippen LogP contribution in [0.15, 0.2) is 30.5 Å². The van der Waals surface area contributed by atoms with Gasteiger partial charge in [-0.25, -0.2) is 9.97 Å². The fourth-order valence-corrected chi connectivity index (χ4v) is 2.96. The summed E-state index contributed by atoms with van der Waals surface area (Å²) in [6.07, 6.45) is 3.07. The number of rotatable bonds is 3. The maximum atomic E-state index is 4.72. The van der Waals surface area contributed by atoms with Crippen molar-refractivity contribution in [3.8, 4) is 0 Å². The molecule has 0 aliphatic carbocycles. The second-order valence-corrected chi connectivity index (χ2v) is 5.86. The Bertz CT molecular complexity index is 638. The molecular weight excluding hydrogens is 260 g/mol. The predicted molar refractivity (Wildman–Crippen MR) is 85.8 cm³/mol. The SMILES string of the molecule is CNCc1cnc(N2CC(C)Cc3ccccc32)nc1C. The summed E-state index contributed by atoms with van der Waals surface area (Å²) < 4.78 is 0. The molecule has 0 saturated carbocycles. The van der Waals surface area contributed by atoms with Crippen LogP contribution in [0, 0.1) is 12.8 Å². The van der Waals surface area contributed by atoms with Crippen LogP contribution in [0.5, 0.6) is 0 Å². The van der Waals surface area contributed by atoms with Crippen molar-refractivity contribution in [2.45, 2.75) is 26.8 Å². The van der Waals surface area contributed by atoms with E-state index in [0.29, 0.717) is 5.92 Å². The summed E-state index contributed by atoms with van der Waals surface area (Å²) in [6.45, 7) is 6.11. The van der Waals surface area contributed by atoms with E-state index in [1.54, 1.807) is 0 Å². The maximum Gasteiger partial charge on any atom is 0.230 e. The van der Waals surface area contributed by atoms with E-state index < -0.39 is 0 Å². The maximum absolute atomic E-state index is 4.72. The number of anilines is 2. The molecule has 110 valence electrons. The molecule has 21 heavy (non-hydrogen) atoms. The smallest absolute Gasteiger partial charge is 0.230 e. The van der Waals surface area contributed by atoms with Gasteiger partial charge in [0.15, 0.2) is 0 Å². The fourth-order valence-electron chi connectivity index (χ4n) is 2.96. The summed E-state index contributed by atoms with van der Waals surface area (Å²) in [6, 6.07) is 8.57. The Labute approximate surface area is 126 Å². The van der Waals surface area contributed by atoms with Crippen molar-refractivity contribution < 1.29 is 0 Å². The number of aryl methyl sites for hydroxylation is 1. The van der Waals surface area contributed by atoms with E-state index in [9.17, 15) is 0 Å². The first-order valence-corrected chi connectivity index (χ1v) is 7.51. The van der Waals surface area contributed by atoms with Crippen molar-refractivity contribution in [1.29, 1.82) is 0 Å². The number of benzene rings is 1. The standard InChI is InChI=1S/C17H22N4/c1-12-8-14-6-4-5-7-16(14)21(11-12)17-19-10-15(9-18-3)13(2)20-17/h4-7,10,12,18H,8-9,11H2,1-3H3. The zero-order chi connectivity index (χ0) is 14.8. The van der Waals surface area contributed by atoms with Crippen molar-refractivity contribution >= 4 is 11.6 Å². The lowest BCUT2D eigenvalue weighted by molar-refractivity contribution is 0.556. The van der Waals surface area contributed by atoms with Gasteiger partial charge in [0.1, 0.15) is 0 Å². The third kappa shape index (κ3) is 2.76. The normalized spacial score (nSPS) is 17.7. The third-order valence-corrected chi connectivity index (χ3v) is 4.02. The van der Waals surface area contributed by atoms with Crippen molar-refractivity contribution in [2.75, 3.05) is 18.5 Å². The fraction of sp³-hybridized carbons (Fsp3) is 0.412. The largest absolute Gasteiger partial charge is 0.316 e. The predicted octanol–water partition coefficient (Wildman–Crippen LogP) is 2.83. The van der Waals surface area contributed by atoms with Gasteiger partial charge in [-0.15, -0.1) is 0 Å². The lowest BCUT2D eigenvalue weighted by Crippen LogP contribution is -2.31. The first kappa shape index (κ1) is 14.0. The Morgan fingerprint density at radius 2 is 2.14 bits per heavy atom. The van der Waals surface area contributed by atoms with Gasteiger partial charge < -0.3 is 10.2 Å². The summed E-state index contributed by atoms with van der Waals surface area (Å²) in [5.74, 6) is 1.42. The Balaban J connectivity index is 1.99. The quantitative estimate of drug-likeness (QED) is 0.940. The zero-order valence-electron chi connectivity index (χ0n) is 12.9. The van der Waals surface area contributed by atoms with Crippen LogP contribution in [0.2, 0.25) is 0 Å². The lowest BCUT2D eigenvalue weighted by Gasteiger charge is -2.33. The summed E-state index contributed by atoms with van der Waals surface area (Å²) in [7, 11) is 1.94. The van der Waals surface area contributed by atoms with Gasteiger partial charge in [-0.2, -0.15) is 0 Å². The highest BCUT2D eigenvalue weighted by Gasteiger charge is 2.24. The zero-order valence-corrected chi connectivity index (χ0v) is 12.9. The number of nitrogens with zero attached hydrogens (tertiary/aromatic N) is 3. The van der Waals surface area contributed by atoms with Crippen LogP contribution in [0.4, 0.5) is 11.6 Å². The number of para-hydroxylation sites is 1. The third-order valence-electron chi connectivity index (χ3n) is 4.02. The monoisotopic (exact) mass is 282 g/mol. The van der Waals surface area contributed by atoms with Gasteiger partial charge in [-0.3, -0.25) is 0 Å². The van der Waals surface area contributed by atoms with Crippen molar-refractivity contribution in [3.05, 3.63) is 47.3 Å². The molecule has 4 nitrogen and oxygen atoms in total. The molecule has 1 unspecified atom stereocenters. The molecule has 0 radical (unpaired) electrons.